The summed E-state index contributed by atoms with van der Waals surface area (Å²) in [7, 11) is 0. The zero-order chi connectivity index (χ0) is 13.8. The highest BCUT2D eigenvalue weighted by Crippen LogP contribution is 2.15. The maximum absolute atomic E-state index is 13.5. The van der Waals surface area contributed by atoms with E-state index in [9.17, 15) is 9.18 Å². The van der Waals surface area contributed by atoms with E-state index in [2.05, 4.69) is 5.10 Å². The molecule has 2 N–H and O–H groups in total. The Morgan fingerprint density at radius 2 is 2.21 bits per heavy atom. The van der Waals surface area contributed by atoms with Crippen LogP contribution in [0.4, 0.5) is 10.2 Å². The number of ether oxygens (including phenoxy) is 1. The van der Waals surface area contributed by atoms with Crippen LogP contribution in [0, 0.1) is 5.82 Å². The van der Waals surface area contributed by atoms with Gasteiger partial charge in [0.05, 0.1) is 19.3 Å². The molecule has 1 aromatic heterocycles. The van der Waals surface area contributed by atoms with Crippen LogP contribution in [0.3, 0.4) is 0 Å². The molecule has 0 fully saturated rings. The van der Waals surface area contributed by atoms with E-state index in [0.29, 0.717) is 5.56 Å². The summed E-state index contributed by atoms with van der Waals surface area (Å²) in [5.41, 5.74) is 6.45. The van der Waals surface area contributed by atoms with Crippen LogP contribution in [0.25, 0.3) is 0 Å². The zero-order valence-electron chi connectivity index (χ0n) is 10.5. The summed E-state index contributed by atoms with van der Waals surface area (Å²) in [6.07, 6.45) is 1.33. The van der Waals surface area contributed by atoms with E-state index in [4.69, 9.17) is 10.5 Å². The Morgan fingerprint density at radius 3 is 2.89 bits per heavy atom. The first-order valence-corrected chi connectivity index (χ1v) is 5.85. The summed E-state index contributed by atoms with van der Waals surface area (Å²) >= 11 is 0. The second-order valence-corrected chi connectivity index (χ2v) is 3.91. The molecule has 0 aliphatic heterocycles. The third-order valence-corrected chi connectivity index (χ3v) is 2.65. The number of hydrogen-bond acceptors (Lipinski definition) is 4. The Hall–Kier alpha value is -2.37. The fourth-order valence-electron chi connectivity index (χ4n) is 1.67. The molecule has 100 valence electrons. The lowest BCUT2D eigenvalue weighted by molar-refractivity contribution is 0.0527. The number of rotatable bonds is 4. The van der Waals surface area contributed by atoms with Gasteiger partial charge in [-0.1, -0.05) is 18.2 Å². The van der Waals surface area contributed by atoms with Gasteiger partial charge in [-0.3, -0.25) is 0 Å². The van der Waals surface area contributed by atoms with E-state index < -0.39 is 5.97 Å². The molecule has 2 rings (SSSR count). The van der Waals surface area contributed by atoms with Gasteiger partial charge in [0, 0.05) is 5.56 Å². The smallest absolute Gasteiger partial charge is 0.343 e. The number of carbonyl (C=O) groups is 1. The topological polar surface area (TPSA) is 70.1 Å². The van der Waals surface area contributed by atoms with Crippen molar-refractivity contribution in [3.8, 4) is 0 Å². The first-order chi connectivity index (χ1) is 9.13. The van der Waals surface area contributed by atoms with Gasteiger partial charge in [0.1, 0.15) is 17.2 Å². The first kappa shape index (κ1) is 13.1. The average molecular weight is 263 g/mol. The van der Waals surface area contributed by atoms with E-state index in [1.807, 2.05) is 0 Å². The summed E-state index contributed by atoms with van der Waals surface area (Å²) in [6.45, 7) is 2.13. The molecule has 0 atom stereocenters. The number of carbonyl (C=O) groups excluding carboxylic acids is 1. The molecule has 0 amide bonds. The van der Waals surface area contributed by atoms with Crippen molar-refractivity contribution >= 4 is 11.8 Å². The van der Waals surface area contributed by atoms with Crippen molar-refractivity contribution in [2.24, 2.45) is 0 Å². The molecule has 6 heteroatoms. The highest BCUT2D eigenvalue weighted by Gasteiger charge is 2.16. The van der Waals surface area contributed by atoms with Gasteiger partial charge in [0.15, 0.2) is 0 Å². The Kier molecular flexibility index (Phi) is 3.79. The van der Waals surface area contributed by atoms with E-state index in [1.54, 1.807) is 25.1 Å². The zero-order valence-corrected chi connectivity index (χ0v) is 10.5. The maximum Gasteiger partial charge on any atom is 0.343 e. The molecule has 1 aromatic carbocycles. The minimum atomic E-state index is -0.528. The van der Waals surface area contributed by atoms with Gasteiger partial charge in [0.25, 0.3) is 0 Å². The molecule has 1 heterocycles. The second kappa shape index (κ2) is 5.51. The number of aromatic nitrogens is 2. The number of hydrogen-bond donors (Lipinski definition) is 1. The van der Waals surface area contributed by atoms with Gasteiger partial charge >= 0.3 is 5.97 Å². The van der Waals surface area contributed by atoms with Crippen molar-refractivity contribution in [3.05, 3.63) is 47.4 Å². The van der Waals surface area contributed by atoms with Crippen LogP contribution in [0.5, 0.6) is 0 Å². The largest absolute Gasteiger partial charge is 0.462 e. The van der Waals surface area contributed by atoms with Crippen LogP contribution in [0.2, 0.25) is 0 Å². The molecular formula is C13H14FN3O2. The summed E-state index contributed by atoms with van der Waals surface area (Å²) in [5.74, 6) is -0.698. The van der Waals surface area contributed by atoms with E-state index in [1.165, 1.54) is 16.9 Å². The van der Waals surface area contributed by atoms with Crippen LogP contribution in [-0.2, 0) is 11.3 Å². The minimum Gasteiger partial charge on any atom is -0.462 e. The van der Waals surface area contributed by atoms with Gasteiger partial charge in [-0.15, -0.1) is 0 Å². The molecule has 0 bridgehead atoms. The van der Waals surface area contributed by atoms with E-state index in [0.717, 1.165) is 0 Å². The summed E-state index contributed by atoms with van der Waals surface area (Å²) in [6, 6.07) is 6.33. The van der Waals surface area contributed by atoms with Crippen LogP contribution >= 0.6 is 0 Å². The quantitative estimate of drug-likeness (QED) is 0.854. The molecule has 5 nitrogen and oxygen atoms in total. The molecule has 19 heavy (non-hydrogen) atoms. The standard InChI is InChI=1S/C13H14FN3O2/c1-2-19-13(18)10-7-16-17(12(10)15)8-9-5-3-4-6-11(9)14/h3-7H,2,8,15H2,1H3. The highest BCUT2D eigenvalue weighted by atomic mass is 19.1. The van der Waals surface area contributed by atoms with E-state index >= 15 is 0 Å². The predicted octanol–water partition coefficient (Wildman–Crippen LogP) is 1.83. The molecule has 0 unspecified atom stereocenters. The minimum absolute atomic E-state index is 0.165. The molecular weight excluding hydrogens is 249 g/mol. The Labute approximate surface area is 109 Å². The number of esters is 1. The lowest BCUT2D eigenvalue weighted by atomic mass is 10.2. The summed E-state index contributed by atoms with van der Waals surface area (Å²) in [4.78, 5) is 11.6. The van der Waals surface area contributed by atoms with Crippen LogP contribution < -0.4 is 5.73 Å². The third kappa shape index (κ3) is 2.73. The van der Waals surface area contributed by atoms with Crippen molar-refractivity contribution in [2.75, 3.05) is 12.3 Å². The summed E-state index contributed by atoms with van der Waals surface area (Å²) < 4.78 is 19.7. The Morgan fingerprint density at radius 1 is 1.47 bits per heavy atom. The SMILES string of the molecule is CCOC(=O)c1cnn(Cc2ccccc2F)c1N. The molecule has 0 spiro atoms. The Bertz CT molecular complexity index is 595. The van der Waals surface area contributed by atoms with Crippen LogP contribution in [-0.4, -0.2) is 22.4 Å². The van der Waals surface area contributed by atoms with Gasteiger partial charge in [-0.2, -0.15) is 5.10 Å². The molecule has 0 saturated heterocycles. The number of nitrogen functional groups attached to an aromatic ring is 1. The predicted molar refractivity (Wildman–Crippen MR) is 68.1 cm³/mol. The highest BCUT2D eigenvalue weighted by molar-refractivity contribution is 5.93. The van der Waals surface area contributed by atoms with Crippen molar-refractivity contribution in [1.82, 2.24) is 9.78 Å². The van der Waals surface area contributed by atoms with Gasteiger partial charge in [0.2, 0.25) is 0 Å². The van der Waals surface area contributed by atoms with Crippen molar-refractivity contribution < 1.29 is 13.9 Å². The molecule has 0 aliphatic rings. The van der Waals surface area contributed by atoms with E-state index in [-0.39, 0.29) is 30.4 Å². The van der Waals surface area contributed by atoms with Crippen molar-refractivity contribution in [2.45, 2.75) is 13.5 Å². The second-order valence-electron chi connectivity index (χ2n) is 3.91. The third-order valence-electron chi connectivity index (χ3n) is 2.65. The van der Waals surface area contributed by atoms with Crippen LogP contribution in [0.1, 0.15) is 22.8 Å². The number of nitrogens with zero attached hydrogens (tertiary/aromatic N) is 2. The van der Waals surface area contributed by atoms with Gasteiger partial charge < -0.3 is 10.5 Å². The maximum atomic E-state index is 13.5. The monoisotopic (exact) mass is 263 g/mol. The summed E-state index contributed by atoms with van der Waals surface area (Å²) in [5, 5.41) is 3.98. The van der Waals surface area contributed by atoms with Gasteiger partial charge in [-0.05, 0) is 13.0 Å². The normalized spacial score (nSPS) is 10.4. The fourth-order valence-corrected chi connectivity index (χ4v) is 1.67. The number of anilines is 1. The Balaban J connectivity index is 2.23. The lowest BCUT2D eigenvalue weighted by Gasteiger charge is -2.06. The fraction of sp³-hybridized carbons (Fsp3) is 0.231. The van der Waals surface area contributed by atoms with Crippen LogP contribution in [0.15, 0.2) is 30.5 Å². The van der Waals surface area contributed by atoms with Crippen molar-refractivity contribution in [3.63, 3.8) is 0 Å². The number of halogens is 1. The molecule has 0 radical (unpaired) electrons. The number of nitrogens with two attached hydrogens (primary N) is 1. The number of benzene rings is 1. The molecule has 0 aliphatic carbocycles. The van der Waals surface area contributed by atoms with Crippen molar-refractivity contribution in [1.29, 1.82) is 0 Å². The van der Waals surface area contributed by atoms with Gasteiger partial charge in [-0.25, -0.2) is 13.9 Å². The molecule has 2 aromatic rings. The molecule has 0 saturated carbocycles. The average Bonchev–Trinajstić information content (AvgIpc) is 2.74. The lowest BCUT2D eigenvalue weighted by Crippen LogP contribution is -2.11. The first-order valence-electron chi connectivity index (χ1n) is 5.85.